The fourth-order valence-electron chi connectivity index (χ4n) is 5.08. The SMILES string of the molecule is O=C(c1ccc(S(=O)(=O)N2CCc3ccccc32)cc1)N(Cc1cccnc1)c1nc2cc3c(cc2s1)OCCO3. The number of fused-ring (bicyclic) bond motifs is 3. The number of pyridine rings is 1. The average molecular weight is 585 g/mol. The van der Waals surface area contributed by atoms with Gasteiger partial charge in [-0.1, -0.05) is 35.6 Å². The third-order valence-electron chi connectivity index (χ3n) is 7.11. The van der Waals surface area contributed by atoms with E-state index in [9.17, 15) is 13.2 Å². The fourth-order valence-corrected chi connectivity index (χ4v) is 7.56. The summed E-state index contributed by atoms with van der Waals surface area (Å²) >= 11 is 1.37. The fraction of sp³-hybridized carbons (Fsp3) is 0.167. The maximum atomic E-state index is 13.9. The molecule has 0 bridgehead atoms. The maximum absolute atomic E-state index is 13.9. The molecule has 0 atom stereocenters. The summed E-state index contributed by atoms with van der Waals surface area (Å²) in [6.45, 7) is 1.57. The van der Waals surface area contributed by atoms with Gasteiger partial charge in [0.1, 0.15) is 13.2 Å². The first kappa shape index (κ1) is 25.5. The van der Waals surface area contributed by atoms with E-state index < -0.39 is 10.0 Å². The first-order valence-corrected chi connectivity index (χ1v) is 15.3. The summed E-state index contributed by atoms with van der Waals surface area (Å²) in [4.78, 5) is 24.6. The Hall–Kier alpha value is -4.48. The van der Waals surface area contributed by atoms with E-state index in [4.69, 9.17) is 14.5 Å². The van der Waals surface area contributed by atoms with Gasteiger partial charge in [0.25, 0.3) is 15.9 Å². The molecule has 5 aromatic rings. The molecule has 0 N–H and O–H groups in total. The molecule has 9 nitrogen and oxygen atoms in total. The van der Waals surface area contributed by atoms with Crippen LogP contribution in [0.4, 0.5) is 10.8 Å². The monoisotopic (exact) mass is 584 g/mol. The molecule has 4 heterocycles. The van der Waals surface area contributed by atoms with Crippen LogP contribution in [-0.2, 0) is 23.0 Å². The summed E-state index contributed by atoms with van der Waals surface area (Å²) in [5.74, 6) is 0.977. The lowest BCUT2D eigenvalue weighted by molar-refractivity contribution is 0.0985. The number of aromatic nitrogens is 2. The van der Waals surface area contributed by atoms with E-state index in [1.165, 1.54) is 27.8 Å². The average Bonchev–Trinajstić information content (AvgIpc) is 3.63. The van der Waals surface area contributed by atoms with Gasteiger partial charge in [-0.2, -0.15) is 0 Å². The number of rotatable bonds is 6. The molecule has 0 saturated heterocycles. The number of hydrogen-bond acceptors (Lipinski definition) is 8. The maximum Gasteiger partial charge on any atom is 0.264 e. The predicted molar refractivity (Wildman–Crippen MR) is 156 cm³/mol. The number of thiazole rings is 1. The Morgan fingerprint density at radius 1 is 0.976 bits per heavy atom. The quantitative estimate of drug-likeness (QED) is 0.275. The molecule has 41 heavy (non-hydrogen) atoms. The highest BCUT2D eigenvalue weighted by Gasteiger charge is 2.31. The van der Waals surface area contributed by atoms with Gasteiger partial charge in [0, 0.05) is 36.6 Å². The third-order valence-corrected chi connectivity index (χ3v) is 9.98. The van der Waals surface area contributed by atoms with Crippen molar-refractivity contribution in [2.24, 2.45) is 0 Å². The Labute approximate surface area is 240 Å². The summed E-state index contributed by atoms with van der Waals surface area (Å²) in [5, 5.41) is 0.501. The molecule has 0 saturated carbocycles. The molecule has 2 aliphatic rings. The summed E-state index contributed by atoms with van der Waals surface area (Å²) in [6.07, 6.45) is 4.05. The van der Waals surface area contributed by atoms with Crippen LogP contribution in [0, 0.1) is 0 Å². The Morgan fingerprint density at radius 2 is 1.76 bits per heavy atom. The van der Waals surface area contributed by atoms with Gasteiger partial charge in [-0.05, 0) is 53.9 Å². The van der Waals surface area contributed by atoms with Crippen molar-refractivity contribution in [2.75, 3.05) is 29.0 Å². The van der Waals surface area contributed by atoms with Crippen LogP contribution in [0.25, 0.3) is 10.2 Å². The lowest BCUT2D eigenvalue weighted by atomic mass is 10.2. The van der Waals surface area contributed by atoms with Gasteiger partial charge in [-0.15, -0.1) is 0 Å². The summed E-state index contributed by atoms with van der Waals surface area (Å²) in [6, 6.07) is 21.0. The van der Waals surface area contributed by atoms with Crippen LogP contribution in [-0.4, -0.2) is 44.1 Å². The highest BCUT2D eigenvalue weighted by molar-refractivity contribution is 7.92. The second kappa shape index (κ2) is 10.2. The number of sulfonamides is 1. The molecule has 0 radical (unpaired) electrons. The first-order chi connectivity index (χ1) is 20.0. The minimum atomic E-state index is -3.77. The van der Waals surface area contributed by atoms with Crippen molar-refractivity contribution >= 4 is 48.3 Å². The summed E-state index contributed by atoms with van der Waals surface area (Å²) < 4.78 is 40.7. The standard InChI is InChI=1S/C30H24N4O5S2/c35-29(22-7-9-23(10-8-22)41(36,37)34-13-11-21-5-1-2-6-25(21)34)33(19-20-4-3-12-31-18-20)30-32-24-16-26-27(17-28(24)40-30)39-15-14-38-26/h1-10,12,16-18H,11,13-15,19H2. The number of hydrogen-bond donors (Lipinski definition) is 0. The molecule has 1 amide bonds. The van der Waals surface area contributed by atoms with Crippen molar-refractivity contribution in [3.63, 3.8) is 0 Å². The predicted octanol–water partition coefficient (Wildman–Crippen LogP) is 5.06. The molecule has 2 aromatic heterocycles. The second-order valence-corrected chi connectivity index (χ2v) is 12.6. The third kappa shape index (κ3) is 4.66. The first-order valence-electron chi connectivity index (χ1n) is 13.1. The van der Waals surface area contributed by atoms with E-state index in [-0.39, 0.29) is 17.3 Å². The van der Waals surface area contributed by atoms with E-state index >= 15 is 0 Å². The zero-order valence-electron chi connectivity index (χ0n) is 21.8. The van der Waals surface area contributed by atoms with E-state index in [0.717, 1.165) is 15.8 Å². The summed E-state index contributed by atoms with van der Waals surface area (Å²) in [7, 11) is -3.77. The molecule has 2 aliphatic heterocycles. The van der Waals surface area contributed by atoms with E-state index in [0.29, 0.717) is 59.6 Å². The number of para-hydroxylation sites is 1. The van der Waals surface area contributed by atoms with Crippen LogP contribution in [0.3, 0.4) is 0 Å². The highest BCUT2D eigenvalue weighted by Crippen LogP contribution is 2.39. The van der Waals surface area contributed by atoms with Crippen molar-refractivity contribution in [1.82, 2.24) is 9.97 Å². The number of anilines is 2. The van der Waals surface area contributed by atoms with Gasteiger partial charge in [-0.25, -0.2) is 13.4 Å². The van der Waals surface area contributed by atoms with Crippen molar-refractivity contribution in [2.45, 2.75) is 17.9 Å². The molecular weight excluding hydrogens is 560 g/mol. The number of benzene rings is 3. The van der Waals surface area contributed by atoms with E-state index in [1.54, 1.807) is 29.4 Å². The van der Waals surface area contributed by atoms with Gasteiger partial charge in [0.15, 0.2) is 16.6 Å². The topological polar surface area (TPSA) is 102 Å². The number of carbonyl (C=O) groups excluding carboxylic acids is 1. The zero-order valence-corrected chi connectivity index (χ0v) is 23.4. The van der Waals surface area contributed by atoms with E-state index in [2.05, 4.69) is 4.98 Å². The number of nitrogens with zero attached hydrogens (tertiary/aromatic N) is 4. The lowest BCUT2D eigenvalue weighted by Gasteiger charge is -2.21. The Balaban J connectivity index is 1.21. The lowest BCUT2D eigenvalue weighted by Crippen LogP contribution is -2.31. The van der Waals surface area contributed by atoms with E-state index in [1.807, 2.05) is 48.5 Å². The molecule has 0 unspecified atom stereocenters. The largest absolute Gasteiger partial charge is 0.486 e. The van der Waals surface area contributed by atoms with Crippen LogP contribution in [0.2, 0.25) is 0 Å². The molecule has 0 spiro atoms. The van der Waals surface area contributed by atoms with Gasteiger partial charge in [0.2, 0.25) is 0 Å². The second-order valence-electron chi connectivity index (χ2n) is 9.69. The van der Waals surface area contributed by atoms with Crippen molar-refractivity contribution < 1.29 is 22.7 Å². The molecule has 0 fully saturated rings. The molecule has 0 aliphatic carbocycles. The molecular formula is C30H24N4O5S2. The van der Waals surface area contributed by atoms with Crippen LogP contribution in [0.15, 0.2) is 90.1 Å². The van der Waals surface area contributed by atoms with Crippen LogP contribution in [0.5, 0.6) is 11.5 Å². The van der Waals surface area contributed by atoms with Crippen LogP contribution in [0.1, 0.15) is 21.5 Å². The number of amides is 1. The Morgan fingerprint density at radius 3 is 2.54 bits per heavy atom. The van der Waals surface area contributed by atoms with Gasteiger partial charge >= 0.3 is 0 Å². The Kier molecular flexibility index (Phi) is 6.32. The zero-order chi connectivity index (χ0) is 28.0. The smallest absolute Gasteiger partial charge is 0.264 e. The normalized spacial score (nSPS) is 14.2. The van der Waals surface area contributed by atoms with Gasteiger partial charge in [0.05, 0.1) is 27.3 Å². The Bertz CT molecular complexity index is 1830. The van der Waals surface area contributed by atoms with Crippen molar-refractivity contribution in [1.29, 1.82) is 0 Å². The minimum absolute atomic E-state index is 0.134. The van der Waals surface area contributed by atoms with Gasteiger partial charge < -0.3 is 9.47 Å². The summed E-state index contributed by atoms with van der Waals surface area (Å²) in [5.41, 5.74) is 3.58. The van der Waals surface area contributed by atoms with Crippen LogP contribution < -0.4 is 18.7 Å². The van der Waals surface area contributed by atoms with Crippen molar-refractivity contribution in [3.8, 4) is 11.5 Å². The molecule has 206 valence electrons. The van der Waals surface area contributed by atoms with Gasteiger partial charge in [-0.3, -0.25) is 19.0 Å². The minimum Gasteiger partial charge on any atom is -0.486 e. The molecule has 11 heteroatoms. The molecule has 3 aromatic carbocycles. The molecule has 7 rings (SSSR count). The number of ether oxygens (including phenoxy) is 2. The van der Waals surface area contributed by atoms with Crippen LogP contribution >= 0.6 is 11.3 Å². The van der Waals surface area contributed by atoms with Crippen molar-refractivity contribution in [3.05, 3.63) is 102 Å². The number of carbonyl (C=O) groups is 1. The highest BCUT2D eigenvalue weighted by atomic mass is 32.2.